The topological polar surface area (TPSA) is 205 Å². The van der Waals surface area contributed by atoms with Gasteiger partial charge in [0.2, 0.25) is 0 Å². The molecule has 258 valence electrons. The lowest BCUT2D eigenvalue weighted by atomic mass is 9.87. The first kappa shape index (κ1) is 38.7. The van der Waals surface area contributed by atoms with Gasteiger partial charge in [-0.25, -0.2) is 4.79 Å². The second-order valence-electron chi connectivity index (χ2n) is 11.5. The average molecular weight is 657 g/mol. The van der Waals surface area contributed by atoms with Crippen molar-refractivity contribution in [2.75, 3.05) is 26.1 Å². The van der Waals surface area contributed by atoms with Crippen LogP contribution < -0.4 is 16.8 Å². The summed E-state index contributed by atoms with van der Waals surface area (Å²) in [6.45, 7) is 10.8. The van der Waals surface area contributed by atoms with Gasteiger partial charge in [-0.1, -0.05) is 50.8 Å². The van der Waals surface area contributed by atoms with Gasteiger partial charge in [-0.15, -0.1) is 0 Å². The number of allylic oxidation sites excluding steroid dienone is 3. The Kier molecular flexibility index (Phi) is 15.3. The van der Waals surface area contributed by atoms with Crippen molar-refractivity contribution >= 4 is 35.6 Å². The highest BCUT2D eigenvalue weighted by Gasteiger charge is 2.33. The number of methoxy groups -OCH3 is 2. The van der Waals surface area contributed by atoms with Gasteiger partial charge in [0, 0.05) is 50.1 Å². The van der Waals surface area contributed by atoms with Gasteiger partial charge < -0.3 is 45.9 Å². The van der Waals surface area contributed by atoms with E-state index in [2.05, 4.69) is 16.9 Å². The number of phenolic OH excluding ortho intramolecular Hbond substituents is 2. The molecule has 0 unspecified atom stereocenters. The lowest BCUT2D eigenvalue weighted by molar-refractivity contribution is -0.160. The van der Waals surface area contributed by atoms with Gasteiger partial charge in [0.1, 0.15) is 29.4 Å². The number of benzene rings is 1. The van der Waals surface area contributed by atoms with E-state index in [1.165, 1.54) is 38.7 Å². The van der Waals surface area contributed by atoms with Gasteiger partial charge in [-0.3, -0.25) is 14.6 Å². The normalized spacial score (nSPS) is 27.5. The van der Waals surface area contributed by atoms with Crippen molar-refractivity contribution < 1.29 is 43.5 Å². The van der Waals surface area contributed by atoms with Gasteiger partial charge >= 0.3 is 12.1 Å². The highest BCUT2D eigenvalue weighted by atomic mass is 16.6. The molecule has 13 nitrogen and oxygen atoms in total. The van der Waals surface area contributed by atoms with Crippen molar-refractivity contribution in [3.05, 3.63) is 59.7 Å². The molecule has 0 radical (unpaired) electrons. The van der Waals surface area contributed by atoms with Crippen molar-refractivity contribution in [1.29, 1.82) is 0 Å². The molecule has 7 N–H and O–H groups in total. The van der Waals surface area contributed by atoms with Crippen LogP contribution in [0.15, 0.2) is 59.2 Å². The summed E-state index contributed by atoms with van der Waals surface area (Å²) >= 11 is 0. The van der Waals surface area contributed by atoms with Crippen molar-refractivity contribution in [3.63, 3.8) is 0 Å². The van der Waals surface area contributed by atoms with Crippen molar-refractivity contribution in [2.45, 2.75) is 71.4 Å². The minimum Gasteiger partial charge on any atom is -0.506 e. The molecule has 6 atom stereocenters. The molecule has 0 saturated carbocycles. The van der Waals surface area contributed by atoms with Crippen LogP contribution in [0.4, 0.5) is 16.2 Å². The minimum absolute atomic E-state index is 0.00881. The van der Waals surface area contributed by atoms with Crippen LogP contribution in [0.1, 0.15) is 46.1 Å². The first-order valence-electron chi connectivity index (χ1n) is 15.3. The number of fused-ring (bicyclic) bond motifs is 2. The number of primary amides is 1. The van der Waals surface area contributed by atoms with E-state index in [-0.39, 0.29) is 59.3 Å². The van der Waals surface area contributed by atoms with E-state index in [0.717, 1.165) is 0 Å². The number of nitrogens with one attached hydrogen (secondary N) is 1. The number of hydrogen-bond donors (Lipinski definition) is 5. The molecule has 1 aromatic carbocycles. The zero-order chi connectivity index (χ0) is 35.3. The van der Waals surface area contributed by atoms with Crippen molar-refractivity contribution in [1.82, 2.24) is 0 Å². The molecule has 2 rings (SSSR count). The number of aromatic hydroxyl groups is 2. The van der Waals surface area contributed by atoms with Crippen LogP contribution in [-0.2, 0) is 35.0 Å². The largest absolute Gasteiger partial charge is 0.506 e. The van der Waals surface area contributed by atoms with E-state index in [1.807, 2.05) is 13.8 Å². The fourth-order valence-electron chi connectivity index (χ4n) is 5.36. The number of esters is 1. The molecule has 0 aliphatic carbocycles. The number of carbonyl (C=O) groups excluding carboxylic acids is 3. The van der Waals surface area contributed by atoms with Crippen molar-refractivity contribution in [2.24, 2.45) is 28.3 Å². The smallest absolute Gasteiger partial charge is 0.405 e. The molecule has 0 spiro atoms. The molecular weight excluding hydrogens is 608 g/mol. The standard InChI is InChI=1S/C34H48N4O9/c1-8-14-37-29-23-15-19(2)16-27(45-7)32(46-28(40)12-13-35)22(5)17-21(4)31(47-34(36)43)26(44-6)11-9-10-20(3)33(42)38-24(30(23)41)18-25(29)39/h8-11,14,17-19,22,26-27,31-32,39,41H,1,12-13,15-16,35H2,2-7H3,(H2,36,43)(H,38,42)/b11-9-,20-10+,21-17+,37-14?/t19-,22+,26+,27+,31+,32-/m1/s1. The maximum Gasteiger partial charge on any atom is 0.405 e. The van der Waals surface area contributed by atoms with Crippen LogP contribution in [0.5, 0.6) is 11.5 Å². The molecule has 1 heterocycles. The summed E-state index contributed by atoms with van der Waals surface area (Å²) in [5.41, 5.74) is 12.2. The summed E-state index contributed by atoms with van der Waals surface area (Å²) in [6.07, 6.45) is 5.53. The maximum absolute atomic E-state index is 13.1. The number of nitrogens with zero attached hydrogens (tertiary/aromatic N) is 1. The third kappa shape index (κ3) is 11.1. The Labute approximate surface area is 276 Å². The molecular formula is C34H48N4O9. The third-order valence-electron chi connectivity index (χ3n) is 7.69. The fraction of sp³-hybridized carbons (Fsp3) is 0.471. The SMILES string of the molecule is C=CC=Nc1c(O)cc2c(O)c1C[C@@H](C)C[C@H](OC)[C@H](OC(=O)CCN)[C@@H](C)/C=C(\C)[C@H](OC(N)=O)[C@@H](OC)/C=C\C=C(/C)C(=O)N2. The second kappa shape index (κ2) is 18.6. The van der Waals surface area contributed by atoms with E-state index >= 15 is 0 Å². The van der Waals surface area contributed by atoms with E-state index in [9.17, 15) is 24.6 Å². The quantitative estimate of drug-likeness (QED) is 0.0879. The zero-order valence-corrected chi connectivity index (χ0v) is 27.9. The average Bonchev–Trinajstić information content (AvgIpc) is 3.01. The Bertz CT molecular complexity index is 1400. The third-order valence-corrected chi connectivity index (χ3v) is 7.69. The molecule has 1 aliphatic heterocycles. The molecule has 47 heavy (non-hydrogen) atoms. The molecule has 2 amide bonds. The Balaban J connectivity index is 2.80. The number of phenols is 2. The van der Waals surface area contributed by atoms with Gasteiger partial charge in [0.05, 0.1) is 18.2 Å². The summed E-state index contributed by atoms with van der Waals surface area (Å²) in [7, 11) is 2.93. The summed E-state index contributed by atoms with van der Waals surface area (Å²) in [4.78, 5) is 42.0. The highest BCUT2D eigenvalue weighted by molar-refractivity contribution is 6.05. The minimum atomic E-state index is -1.02. The number of ether oxygens (including phenoxy) is 4. The van der Waals surface area contributed by atoms with Crippen LogP contribution in [0.3, 0.4) is 0 Å². The Morgan fingerprint density at radius 1 is 1.17 bits per heavy atom. The summed E-state index contributed by atoms with van der Waals surface area (Å²) in [5, 5.41) is 24.9. The maximum atomic E-state index is 13.1. The molecule has 0 aromatic heterocycles. The molecule has 13 heteroatoms. The number of anilines is 1. The summed E-state index contributed by atoms with van der Waals surface area (Å²) in [5.74, 6) is -2.29. The number of amides is 2. The van der Waals surface area contributed by atoms with Gasteiger partial charge in [0.25, 0.3) is 5.91 Å². The molecule has 0 saturated heterocycles. The van der Waals surface area contributed by atoms with E-state index in [0.29, 0.717) is 12.0 Å². The highest BCUT2D eigenvalue weighted by Crippen LogP contribution is 2.44. The van der Waals surface area contributed by atoms with Crippen LogP contribution in [0.25, 0.3) is 0 Å². The first-order chi connectivity index (χ1) is 22.3. The van der Waals surface area contributed by atoms with Gasteiger partial charge in [-0.2, -0.15) is 0 Å². The predicted octanol–water partition coefficient (Wildman–Crippen LogP) is 4.35. The molecule has 0 fully saturated rings. The Morgan fingerprint density at radius 2 is 1.87 bits per heavy atom. The van der Waals surface area contributed by atoms with E-state index in [4.69, 9.17) is 30.4 Å². The van der Waals surface area contributed by atoms with Crippen LogP contribution >= 0.6 is 0 Å². The fourth-order valence-corrected chi connectivity index (χ4v) is 5.36. The molecule has 2 bridgehead atoms. The number of aliphatic imine (C=N–C) groups is 1. The Hall–Kier alpha value is -4.46. The van der Waals surface area contributed by atoms with Crippen molar-refractivity contribution in [3.8, 4) is 11.5 Å². The van der Waals surface area contributed by atoms with Crippen LogP contribution in [-0.4, -0.2) is 79.6 Å². The van der Waals surface area contributed by atoms with E-state index in [1.54, 1.807) is 32.1 Å². The molecule has 1 aromatic rings. The predicted molar refractivity (Wildman–Crippen MR) is 180 cm³/mol. The first-order valence-corrected chi connectivity index (χ1v) is 15.3. The number of hydrogen-bond acceptors (Lipinski definition) is 11. The van der Waals surface area contributed by atoms with Gasteiger partial charge in [0.15, 0.2) is 6.10 Å². The monoisotopic (exact) mass is 656 g/mol. The van der Waals surface area contributed by atoms with E-state index < -0.39 is 48.3 Å². The lowest BCUT2D eigenvalue weighted by Crippen LogP contribution is -2.40. The second-order valence-corrected chi connectivity index (χ2v) is 11.5. The van der Waals surface area contributed by atoms with Crippen LogP contribution in [0.2, 0.25) is 0 Å². The zero-order valence-electron chi connectivity index (χ0n) is 27.9. The Morgan fingerprint density at radius 3 is 2.47 bits per heavy atom. The number of carbonyl (C=O) groups is 3. The summed E-state index contributed by atoms with van der Waals surface area (Å²) in [6, 6.07) is 1.22. The summed E-state index contributed by atoms with van der Waals surface area (Å²) < 4.78 is 22.9. The molecule has 1 aliphatic rings. The number of nitrogens with two attached hydrogens (primary N) is 2. The van der Waals surface area contributed by atoms with Gasteiger partial charge in [-0.05, 0) is 38.2 Å². The van der Waals surface area contributed by atoms with Crippen LogP contribution in [0, 0.1) is 11.8 Å². The lowest BCUT2D eigenvalue weighted by Gasteiger charge is -2.32. The number of rotatable bonds is 8.